The number of hydrogen-bond donors (Lipinski definition) is 1. The molecule has 0 saturated heterocycles. The van der Waals surface area contributed by atoms with Gasteiger partial charge in [0.1, 0.15) is 11.4 Å². The summed E-state index contributed by atoms with van der Waals surface area (Å²) in [6.45, 7) is 0. The maximum absolute atomic E-state index is 12.1. The lowest BCUT2D eigenvalue weighted by molar-refractivity contribution is -0.141. The van der Waals surface area contributed by atoms with Gasteiger partial charge in [-0.1, -0.05) is 0 Å². The lowest BCUT2D eigenvalue weighted by atomic mass is 10.2. The van der Waals surface area contributed by atoms with Gasteiger partial charge < -0.3 is 5.11 Å². The highest BCUT2D eigenvalue weighted by molar-refractivity contribution is 5.95. The van der Waals surface area contributed by atoms with Crippen molar-refractivity contribution < 1.29 is 27.9 Å². The predicted molar refractivity (Wildman–Crippen MR) is 41.6 cm³/mol. The number of halogens is 3. The number of rotatable bonds is 2. The topological polar surface area (TPSA) is 67.3 Å². The monoisotopic (exact) mass is 219 g/mol. The molecule has 0 amide bonds. The number of aromatic nitrogens is 1. The summed E-state index contributed by atoms with van der Waals surface area (Å²) in [5.74, 6) is -1.50. The van der Waals surface area contributed by atoms with E-state index in [9.17, 15) is 22.8 Å². The van der Waals surface area contributed by atoms with E-state index in [0.717, 1.165) is 0 Å². The number of pyridine rings is 1. The van der Waals surface area contributed by atoms with Crippen molar-refractivity contribution in [2.24, 2.45) is 0 Å². The van der Waals surface area contributed by atoms with Gasteiger partial charge in [0.15, 0.2) is 6.29 Å². The van der Waals surface area contributed by atoms with Crippen molar-refractivity contribution in [3.8, 4) is 0 Å². The van der Waals surface area contributed by atoms with E-state index >= 15 is 0 Å². The number of hydrogen-bond acceptors (Lipinski definition) is 3. The highest BCUT2D eigenvalue weighted by Gasteiger charge is 2.33. The number of aromatic carboxylic acids is 1. The standard InChI is InChI=1S/C8H4F3NO3/c9-8(10,11)6-2-1-4(7(14)15)5(3-13)12-6/h1-3H,(H,14,15). The first-order valence-electron chi connectivity index (χ1n) is 3.63. The Kier molecular flexibility index (Phi) is 2.74. The molecular weight excluding hydrogens is 215 g/mol. The van der Waals surface area contributed by atoms with Gasteiger partial charge in [-0.2, -0.15) is 13.2 Å². The minimum atomic E-state index is -4.70. The van der Waals surface area contributed by atoms with Crippen LogP contribution < -0.4 is 0 Å². The van der Waals surface area contributed by atoms with Gasteiger partial charge in [0.2, 0.25) is 0 Å². The molecule has 4 nitrogen and oxygen atoms in total. The van der Waals surface area contributed by atoms with Crippen molar-refractivity contribution in [3.63, 3.8) is 0 Å². The average molecular weight is 219 g/mol. The fourth-order valence-electron chi connectivity index (χ4n) is 0.903. The summed E-state index contributed by atoms with van der Waals surface area (Å²) in [4.78, 5) is 23.7. The molecule has 1 aromatic rings. The molecule has 0 bridgehead atoms. The number of carbonyl (C=O) groups is 2. The summed E-state index contributed by atoms with van der Waals surface area (Å²) in [5, 5.41) is 8.51. The van der Waals surface area contributed by atoms with Crippen molar-refractivity contribution in [1.29, 1.82) is 0 Å². The first kappa shape index (κ1) is 11.2. The molecule has 7 heteroatoms. The highest BCUT2D eigenvalue weighted by atomic mass is 19.4. The lowest BCUT2D eigenvalue weighted by Crippen LogP contribution is -2.12. The molecule has 0 spiro atoms. The van der Waals surface area contributed by atoms with Gasteiger partial charge in [-0.25, -0.2) is 9.78 Å². The summed E-state index contributed by atoms with van der Waals surface area (Å²) in [5.41, 5.74) is -2.59. The number of carboxylic acid groups (broad SMARTS) is 1. The third-order valence-electron chi connectivity index (χ3n) is 1.56. The van der Waals surface area contributed by atoms with Crippen LogP contribution in [0.2, 0.25) is 0 Å². The molecule has 0 fully saturated rings. The fourth-order valence-corrected chi connectivity index (χ4v) is 0.903. The summed E-state index contributed by atoms with van der Waals surface area (Å²) < 4.78 is 36.3. The predicted octanol–water partition coefficient (Wildman–Crippen LogP) is 1.61. The van der Waals surface area contributed by atoms with Crippen molar-refractivity contribution in [1.82, 2.24) is 4.98 Å². The Morgan fingerprint density at radius 2 is 2.00 bits per heavy atom. The zero-order valence-electron chi connectivity index (χ0n) is 7.08. The second-order valence-electron chi connectivity index (χ2n) is 2.55. The largest absolute Gasteiger partial charge is 0.478 e. The van der Waals surface area contributed by atoms with Gasteiger partial charge in [0.05, 0.1) is 5.56 Å². The van der Waals surface area contributed by atoms with E-state index in [1.807, 2.05) is 0 Å². The summed E-state index contributed by atoms with van der Waals surface area (Å²) >= 11 is 0. The van der Waals surface area contributed by atoms with E-state index < -0.39 is 29.1 Å². The zero-order valence-corrected chi connectivity index (χ0v) is 7.08. The first-order valence-corrected chi connectivity index (χ1v) is 3.63. The van der Waals surface area contributed by atoms with Gasteiger partial charge in [-0.3, -0.25) is 4.79 Å². The van der Waals surface area contributed by atoms with E-state index in [-0.39, 0.29) is 6.29 Å². The number of carboxylic acids is 1. The molecule has 15 heavy (non-hydrogen) atoms. The van der Waals surface area contributed by atoms with E-state index in [1.165, 1.54) is 0 Å². The molecule has 1 aromatic heterocycles. The van der Waals surface area contributed by atoms with Crippen molar-refractivity contribution in [2.75, 3.05) is 0 Å². The maximum atomic E-state index is 12.1. The molecule has 0 atom stereocenters. The van der Waals surface area contributed by atoms with Crippen LogP contribution in [0.25, 0.3) is 0 Å². The Balaban J connectivity index is 3.31. The Bertz CT molecular complexity index is 414. The molecule has 1 rings (SSSR count). The highest BCUT2D eigenvalue weighted by Crippen LogP contribution is 2.27. The first-order chi connectivity index (χ1) is 6.86. The Morgan fingerprint density at radius 3 is 2.40 bits per heavy atom. The number of carbonyl (C=O) groups excluding carboxylic acids is 1. The summed E-state index contributed by atoms with van der Waals surface area (Å²) in [7, 11) is 0. The second-order valence-corrected chi connectivity index (χ2v) is 2.55. The number of nitrogens with zero attached hydrogens (tertiary/aromatic N) is 1. The van der Waals surface area contributed by atoms with Gasteiger partial charge in [0, 0.05) is 0 Å². The van der Waals surface area contributed by atoms with E-state index in [4.69, 9.17) is 5.11 Å². The van der Waals surface area contributed by atoms with Gasteiger partial charge >= 0.3 is 12.1 Å². The maximum Gasteiger partial charge on any atom is 0.433 e. The average Bonchev–Trinajstić information content (AvgIpc) is 2.15. The molecule has 0 aromatic carbocycles. The molecule has 1 N–H and O–H groups in total. The summed E-state index contributed by atoms with van der Waals surface area (Å²) in [6.07, 6.45) is -4.73. The van der Waals surface area contributed by atoms with Crippen LogP contribution >= 0.6 is 0 Å². The molecule has 0 aliphatic carbocycles. The van der Waals surface area contributed by atoms with Crippen LogP contribution in [-0.2, 0) is 6.18 Å². The minimum absolute atomic E-state index is 0.0291. The Morgan fingerprint density at radius 1 is 1.40 bits per heavy atom. The smallest absolute Gasteiger partial charge is 0.433 e. The molecule has 1 heterocycles. The van der Waals surface area contributed by atoms with Crippen molar-refractivity contribution in [3.05, 3.63) is 29.1 Å². The van der Waals surface area contributed by atoms with Crippen LogP contribution in [0.5, 0.6) is 0 Å². The van der Waals surface area contributed by atoms with E-state index in [2.05, 4.69) is 4.98 Å². The normalized spacial score (nSPS) is 11.1. The van der Waals surface area contributed by atoms with Crippen LogP contribution in [-0.4, -0.2) is 22.3 Å². The third-order valence-corrected chi connectivity index (χ3v) is 1.56. The molecule has 0 unspecified atom stereocenters. The summed E-state index contributed by atoms with van der Waals surface area (Å²) in [6, 6.07) is 1.21. The minimum Gasteiger partial charge on any atom is -0.478 e. The van der Waals surface area contributed by atoms with E-state index in [0.29, 0.717) is 12.1 Å². The SMILES string of the molecule is O=Cc1nc(C(F)(F)F)ccc1C(=O)O. The van der Waals surface area contributed by atoms with E-state index in [1.54, 1.807) is 0 Å². The molecule has 0 aliphatic heterocycles. The quantitative estimate of drug-likeness (QED) is 0.767. The lowest BCUT2D eigenvalue weighted by Gasteiger charge is -2.06. The van der Waals surface area contributed by atoms with Crippen LogP contribution in [0.15, 0.2) is 12.1 Å². The van der Waals surface area contributed by atoms with Crippen LogP contribution in [0.4, 0.5) is 13.2 Å². The van der Waals surface area contributed by atoms with Crippen LogP contribution in [0, 0.1) is 0 Å². The van der Waals surface area contributed by atoms with Crippen molar-refractivity contribution >= 4 is 12.3 Å². The molecule has 80 valence electrons. The zero-order chi connectivity index (χ0) is 11.6. The molecule has 0 saturated carbocycles. The number of aldehydes is 1. The van der Waals surface area contributed by atoms with Crippen molar-refractivity contribution in [2.45, 2.75) is 6.18 Å². The second kappa shape index (κ2) is 3.68. The number of alkyl halides is 3. The molecule has 0 radical (unpaired) electrons. The van der Waals surface area contributed by atoms with Gasteiger partial charge in [-0.05, 0) is 12.1 Å². The third kappa shape index (κ3) is 2.30. The molecular formula is C8H4F3NO3. The van der Waals surface area contributed by atoms with Crippen LogP contribution in [0.1, 0.15) is 26.5 Å². The van der Waals surface area contributed by atoms with Gasteiger partial charge in [-0.15, -0.1) is 0 Å². The van der Waals surface area contributed by atoms with Gasteiger partial charge in [0.25, 0.3) is 0 Å². The molecule has 0 aliphatic rings. The Labute approximate surface area is 81.4 Å². The van der Waals surface area contributed by atoms with Crippen LogP contribution in [0.3, 0.4) is 0 Å². The Hall–Kier alpha value is -1.92. The fraction of sp³-hybridized carbons (Fsp3) is 0.125.